The van der Waals surface area contributed by atoms with Crippen LogP contribution in [0, 0.1) is 6.92 Å². The van der Waals surface area contributed by atoms with E-state index in [0.29, 0.717) is 5.56 Å². The van der Waals surface area contributed by atoms with Gasteiger partial charge in [-0.1, -0.05) is 42.0 Å². The summed E-state index contributed by atoms with van der Waals surface area (Å²) < 4.78 is 0. The van der Waals surface area contributed by atoms with Crippen molar-refractivity contribution in [2.45, 2.75) is 40.2 Å². The second-order valence-corrected chi connectivity index (χ2v) is 7.62. The molecule has 2 amide bonds. The van der Waals surface area contributed by atoms with Crippen LogP contribution in [0.5, 0.6) is 0 Å². The van der Waals surface area contributed by atoms with Crippen LogP contribution >= 0.6 is 0 Å². The van der Waals surface area contributed by atoms with E-state index in [-0.39, 0.29) is 11.8 Å². The number of benzene rings is 2. The number of nitrogens with one attached hydrogen (secondary N) is 1. The summed E-state index contributed by atoms with van der Waals surface area (Å²) in [5.41, 5.74) is 3.55. The average Bonchev–Trinajstić information content (AvgIpc) is 2.92. The van der Waals surface area contributed by atoms with Gasteiger partial charge in [0.15, 0.2) is 0 Å². The Labute approximate surface area is 153 Å². The maximum absolute atomic E-state index is 13.5. The molecule has 0 aliphatic heterocycles. The maximum Gasteiger partial charge on any atom is 0.263 e. The molecule has 3 aromatic rings. The van der Waals surface area contributed by atoms with Crippen LogP contribution in [0.3, 0.4) is 0 Å². The van der Waals surface area contributed by atoms with Gasteiger partial charge in [0.2, 0.25) is 5.91 Å². The number of rotatable bonds is 2. The molecule has 134 valence electrons. The third-order valence-corrected chi connectivity index (χ3v) is 4.42. The monoisotopic (exact) mass is 348 g/mol. The number of hydrogen-bond acceptors (Lipinski definition) is 2. The SMILES string of the molecule is CC(=O)N(C(=O)c1c(-c2ccccc2)[nH]c2ccc(C)cc12)C(C)(C)C. The molecule has 0 bridgehead atoms. The van der Waals surface area contributed by atoms with Gasteiger partial charge in [-0.05, 0) is 45.4 Å². The third-order valence-electron chi connectivity index (χ3n) is 4.42. The molecule has 0 radical (unpaired) electrons. The number of nitrogens with zero attached hydrogens (tertiary/aromatic N) is 1. The number of fused-ring (bicyclic) bond motifs is 1. The van der Waals surface area contributed by atoms with Crippen molar-refractivity contribution in [3.8, 4) is 11.3 Å². The summed E-state index contributed by atoms with van der Waals surface area (Å²) >= 11 is 0. The minimum Gasteiger partial charge on any atom is -0.354 e. The first-order chi connectivity index (χ1) is 12.2. The average molecular weight is 348 g/mol. The lowest BCUT2D eigenvalue weighted by Crippen LogP contribution is -2.48. The van der Waals surface area contributed by atoms with E-state index in [4.69, 9.17) is 0 Å². The molecular weight excluding hydrogens is 324 g/mol. The first-order valence-corrected chi connectivity index (χ1v) is 8.73. The van der Waals surface area contributed by atoms with Crippen LogP contribution < -0.4 is 0 Å². The molecule has 26 heavy (non-hydrogen) atoms. The van der Waals surface area contributed by atoms with Crippen molar-refractivity contribution >= 4 is 22.7 Å². The summed E-state index contributed by atoms with van der Waals surface area (Å²) in [5, 5.41) is 0.837. The molecular formula is C22H24N2O2. The molecule has 1 heterocycles. The van der Waals surface area contributed by atoms with Crippen LogP contribution in [-0.2, 0) is 4.79 Å². The number of carbonyl (C=O) groups is 2. The standard InChI is InChI=1S/C22H24N2O2/c1-14-11-12-18-17(13-14)19(20(23-18)16-9-7-6-8-10-16)21(26)24(15(2)25)22(3,4)5/h6-13,23H,1-5H3. The van der Waals surface area contributed by atoms with Crippen molar-refractivity contribution in [2.75, 3.05) is 0 Å². The van der Waals surface area contributed by atoms with Gasteiger partial charge < -0.3 is 4.98 Å². The van der Waals surface area contributed by atoms with Crippen LogP contribution in [0.1, 0.15) is 43.6 Å². The maximum atomic E-state index is 13.5. The molecule has 1 N–H and O–H groups in total. The van der Waals surface area contributed by atoms with E-state index in [0.717, 1.165) is 27.7 Å². The molecule has 0 aliphatic carbocycles. The molecule has 0 aliphatic rings. The minimum absolute atomic E-state index is 0.261. The Bertz CT molecular complexity index is 979. The highest BCUT2D eigenvalue weighted by atomic mass is 16.2. The number of hydrogen-bond donors (Lipinski definition) is 1. The second kappa shape index (κ2) is 6.45. The normalized spacial score (nSPS) is 11.6. The lowest BCUT2D eigenvalue weighted by Gasteiger charge is -2.33. The van der Waals surface area contributed by atoms with Gasteiger partial charge in [0.1, 0.15) is 0 Å². The lowest BCUT2D eigenvalue weighted by molar-refractivity contribution is -0.129. The smallest absolute Gasteiger partial charge is 0.263 e. The molecule has 0 atom stereocenters. The van der Waals surface area contributed by atoms with Gasteiger partial charge in [-0.25, -0.2) is 0 Å². The zero-order valence-electron chi connectivity index (χ0n) is 15.9. The second-order valence-electron chi connectivity index (χ2n) is 7.62. The van der Waals surface area contributed by atoms with E-state index in [1.54, 1.807) is 0 Å². The zero-order valence-corrected chi connectivity index (χ0v) is 15.9. The van der Waals surface area contributed by atoms with Gasteiger partial charge in [0.25, 0.3) is 5.91 Å². The van der Waals surface area contributed by atoms with Crippen LogP contribution in [-0.4, -0.2) is 27.2 Å². The van der Waals surface area contributed by atoms with Gasteiger partial charge in [-0.3, -0.25) is 14.5 Å². The van der Waals surface area contributed by atoms with Crippen LogP contribution in [0.2, 0.25) is 0 Å². The van der Waals surface area contributed by atoms with Crippen molar-refractivity contribution in [1.29, 1.82) is 0 Å². The summed E-state index contributed by atoms with van der Waals surface area (Å²) in [7, 11) is 0. The number of aromatic nitrogens is 1. The van der Waals surface area contributed by atoms with Gasteiger partial charge in [-0.2, -0.15) is 0 Å². The molecule has 3 rings (SSSR count). The molecule has 4 nitrogen and oxygen atoms in total. The van der Waals surface area contributed by atoms with E-state index in [2.05, 4.69) is 4.98 Å². The van der Waals surface area contributed by atoms with Crippen LogP contribution in [0.25, 0.3) is 22.2 Å². The molecule has 1 aromatic heterocycles. The van der Waals surface area contributed by atoms with Crippen molar-refractivity contribution < 1.29 is 9.59 Å². The third kappa shape index (κ3) is 3.15. The zero-order chi connectivity index (χ0) is 19.1. The van der Waals surface area contributed by atoms with E-state index >= 15 is 0 Å². The number of amides is 2. The lowest BCUT2D eigenvalue weighted by atomic mass is 9.99. The first kappa shape index (κ1) is 17.9. The molecule has 0 unspecified atom stereocenters. The van der Waals surface area contributed by atoms with Crippen LogP contribution in [0.15, 0.2) is 48.5 Å². The number of carbonyl (C=O) groups excluding carboxylic acids is 2. The molecule has 0 saturated heterocycles. The first-order valence-electron chi connectivity index (χ1n) is 8.73. The van der Waals surface area contributed by atoms with E-state index in [1.165, 1.54) is 11.8 Å². The summed E-state index contributed by atoms with van der Waals surface area (Å²) in [6.45, 7) is 9.04. The Kier molecular flexibility index (Phi) is 4.45. The van der Waals surface area contributed by atoms with Gasteiger partial charge in [0, 0.05) is 23.4 Å². The highest BCUT2D eigenvalue weighted by Crippen LogP contribution is 2.33. The highest BCUT2D eigenvalue weighted by molar-refractivity contribution is 6.16. The Morgan fingerprint density at radius 3 is 2.23 bits per heavy atom. The summed E-state index contributed by atoms with van der Waals surface area (Å²) in [6, 6.07) is 15.7. The number of H-pyrrole nitrogens is 1. The summed E-state index contributed by atoms with van der Waals surface area (Å²) in [6.07, 6.45) is 0. The fraction of sp³-hybridized carbons (Fsp3) is 0.273. The fourth-order valence-electron chi connectivity index (χ4n) is 3.38. The summed E-state index contributed by atoms with van der Waals surface area (Å²) in [4.78, 5) is 30.5. The summed E-state index contributed by atoms with van der Waals surface area (Å²) in [5.74, 6) is -0.538. The number of aryl methyl sites for hydroxylation is 1. The molecule has 4 heteroatoms. The van der Waals surface area contributed by atoms with Gasteiger partial charge >= 0.3 is 0 Å². The van der Waals surface area contributed by atoms with E-state index in [1.807, 2.05) is 76.2 Å². The Balaban J connectivity index is 2.31. The van der Waals surface area contributed by atoms with Crippen molar-refractivity contribution in [1.82, 2.24) is 9.88 Å². The Morgan fingerprint density at radius 2 is 1.65 bits per heavy atom. The molecule has 0 saturated carbocycles. The van der Waals surface area contributed by atoms with E-state index in [9.17, 15) is 9.59 Å². The highest BCUT2D eigenvalue weighted by Gasteiger charge is 2.34. The van der Waals surface area contributed by atoms with Crippen LogP contribution in [0.4, 0.5) is 0 Å². The minimum atomic E-state index is -0.607. The predicted octanol–water partition coefficient (Wildman–Crippen LogP) is 4.93. The Morgan fingerprint density at radius 1 is 1.00 bits per heavy atom. The van der Waals surface area contributed by atoms with Gasteiger partial charge in [0.05, 0.1) is 11.3 Å². The fourth-order valence-corrected chi connectivity index (χ4v) is 3.38. The molecule has 0 fully saturated rings. The number of imide groups is 1. The molecule has 0 spiro atoms. The quantitative estimate of drug-likeness (QED) is 0.714. The topological polar surface area (TPSA) is 53.2 Å². The largest absolute Gasteiger partial charge is 0.354 e. The van der Waals surface area contributed by atoms with Gasteiger partial charge in [-0.15, -0.1) is 0 Å². The Hall–Kier alpha value is -2.88. The van der Waals surface area contributed by atoms with Crippen molar-refractivity contribution in [3.05, 3.63) is 59.7 Å². The van der Waals surface area contributed by atoms with Crippen molar-refractivity contribution in [3.63, 3.8) is 0 Å². The van der Waals surface area contributed by atoms with E-state index < -0.39 is 5.54 Å². The number of aromatic amines is 1. The van der Waals surface area contributed by atoms with Crippen molar-refractivity contribution in [2.24, 2.45) is 0 Å². The molecule has 2 aromatic carbocycles. The predicted molar refractivity (Wildman–Crippen MR) is 105 cm³/mol.